The molecule has 1 saturated carbocycles. The van der Waals surface area contributed by atoms with Crippen molar-refractivity contribution in [2.45, 2.75) is 70.3 Å². The minimum atomic E-state index is -0.118. The SMILES string of the molecule is Cl.NCCCC1(C2=CCCCC2)CCCCC1O. The van der Waals surface area contributed by atoms with Gasteiger partial charge in [0.1, 0.15) is 0 Å². The first-order valence-electron chi connectivity index (χ1n) is 7.37. The average Bonchev–Trinajstić information content (AvgIpc) is 2.39. The summed E-state index contributed by atoms with van der Waals surface area (Å²) in [5, 5.41) is 10.5. The molecule has 0 radical (unpaired) electrons. The number of aliphatic hydroxyl groups is 1. The van der Waals surface area contributed by atoms with Gasteiger partial charge in [0.25, 0.3) is 0 Å². The molecular formula is C15H28ClNO. The molecule has 3 heteroatoms. The van der Waals surface area contributed by atoms with Crippen molar-refractivity contribution in [2.75, 3.05) is 6.54 Å². The average molecular weight is 274 g/mol. The predicted molar refractivity (Wildman–Crippen MR) is 79.0 cm³/mol. The van der Waals surface area contributed by atoms with Crippen molar-refractivity contribution in [3.63, 3.8) is 0 Å². The summed E-state index contributed by atoms with van der Waals surface area (Å²) in [5.74, 6) is 0. The Morgan fingerprint density at radius 2 is 2.11 bits per heavy atom. The first kappa shape index (κ1) is 16.0. The lowest BCUT2D eigenvalue weighted by atomic mass is 9.62. The maximum Gasteiger partial charge on any atom is 0.0633 e. The van der Waals surface area contributed by atoms with E-state index in [2.05, 4.69) is 6.08 Å². The van der Waals surface area contributed by atoms with Crippen molar-refractivity contribution in [1.29, 1.82) is 0 Å². The van der Waals surface area contributed by atoms with E-state index in [0.717, 1.165) is 25.8 Å². The van der Waals surface area contributed by atoms with Crippen LogP contribution in [0.3, 0.4) is 0 Å². The van der Waals surface area contributed by atoms with Crippen LogP contribution >= 0.6 is 12.4 Å². The van der Waals surface area contributed by atoms with Gasteiger partial charge in [-0.25, -0.2) is 0 Å². The fourth-order valence-electron chi connectivity index (χ4n) is 3.76. The summed E-state index contributed by atoms with van der Waals surface area (Å²) in [6, 6.07) is 0. The Labute approximate surface area is 117 Å². The highest BCUT2D eigenvalue weighted by atomic mass is 35.5. The third-order valence-corrected chi connectivity index (χ3v) is 4.75. The normalized spacial score (nSPS) is 32.6. The Morgan fingerprint density at radius 3 is 2.72 bits per heavy atom. The van der Waals surface area contributed by atoms with Gasteiger partial charge in [0.05, 0.1) is 6.10 Å². The molecule has 0 spiro atoms. The van der Waals surface area contributed by atoms with Crippen LogP contribution in [0.15, 0.2) is 11.6 Å². The molecule has 0 aromatic heterocycles. The van der Waals surface area contributed by atoms with Crippen LogP contribution in [0, 0.1) is 5.41 Å². The van der Waals surface area contributed by atoms with E-state index in [9.17, 15) is 5.11 Å². The Kier molecular flexibility index (Phi) is 6.68. The maximum atomic E-state index is 10.5. The zero-order chi connectivity index (χ0) is 12.1. The minimum absolute atomic E-state index is 0. The van der Waals surface area contributed by atoms with Gasteiger partial charge in [-0.1, -0.05) is 24.5 Å². The molecule has 2 rings (SSSR count). The van der Waals surface area contributed by atoms with Crippen LogP contribution in [0.25, 0.3) is 0 Å². The monoisotopic (exact) mass is 273 g/mol. The van der Waals surface area contributed by atoms with Gasteiger partial charge in [-0.3, -0.25) is 0 Å². The molecule has 2 aliphatic carbocycles. The molecule has 3 N–H and O–H groups in total. The number of halogens is 1. The fourth-order valence-corrected chi connectivity index (χ4v) is 3.76. The third-order valence-electron chi connectivity index (χ3n) is 4.75. The first-order valence-corrected chi connectivity index (χ1v) is 7.37. The Bertz CT molecular complexity index is 280. The van der Waals surface area contributed by atoms with Gasteiger partial charge < -0.3 is 10.8 Å². The van der Waals surface area contributed by atoms with Crippen molar-refractivity contribution < 1.29 is 5.11 Å². The molecule has 1 fully saturated rings. The summed E-state index contributed by atoms with van der Waals surface area (Å²) < 4.78 is 0. The predicted octanol–water partition coefficient (Wildman–Crippen LogP) is 3.57. The van der Waals surface area contributed by atoms with Gasteiger partial charge in [-0.05, 0) is 57.9 Å². The van der Waals surface area contributed by atoms with Crippen LogP contribution in [0.1, 0.15) is 64.2 Å². The van der Waals surface area contributed by atoms with Gasteiger partial charge >= 0.3 is 0 Å². The van der Waals surface area contributed by atoms with E-state index < -0.39 is 0 Å². The second-order valence-corrected chi connectivity index (χ2v) is 5.79. The molecule has 2 nitrogen and oxygen atoms in total. The molecule has 0 aliphatic heterocycles. The van der Waals surface area contributed by atoms with E-state index in [4.69, 9.17) is 5.73 Å². The molecular weight excluding hydrogens is 246 g/mol. The topological polar surface area (TPSA) is 46.2 Å². The highest BCUT2D eigenvalue weighted by Crippen LogP contribution is 2.48. The number of nitrogens with two attached hydrogens (primary N) is 1. The molecule has 106 valence electrons. The van der Waals surface area contributed by atoms with Crippen molar-refractivity contribution in [3.05, 3.63) is 11.6 Å². The Morgan fingerprint density at radius 1 is 1.28 bits per heavy atom. The summed E-state index contributed by atoms with van der Waals surface area (Å²) in [6.07, 6.45) is 14.1. The molecule has 0 amide bonds. The van der Waals surface area contributed by atoms with Crippen molar-refractivity contribution in [3.8, 4) is 0 Å². The van der Waals surface area contributed by atoms with Crippen molar-refractivity contribution >= 4 is 12.4 Å². The number of allylic oxidation sites excluding steroid dienone is 1. The van der Waals surface area contributed by atoms with Crippen molar-refractivity contribution in [1.82, 2.24) is 0 Å². The molecule has 0 aromatic carbocycles. The Hall–Kier alpha value is -0.0500. The smallest absolute Gasteiger partial charge is 0.0633 e. The lowest BCUT2D eigenvalue weighted by Gasteiger charge is -2.45. The number of rotatable bonds is 4. The summed E-state index contributed by atoms with van der Waals surface area (Å²) in [6.45, 7) is 0.752. The van der Waals surface area contributed by atoms with E-state index >= 15 is 0 Å². The minimum Gasteiger partial charge on any atom is -0.392 e. The van der Waals surface area contributed by atoms with E-state index in [1.807, 2.05) is 0 Å². The van der Waals surface area contributed by atoms with E-state index in [-0.39, 0.29) is 23.9 Å². The summed E-state index contributed by atoms with van der Waals surface area (Å²) in [4.78, 5) is 0. The number of hydrogen-bond acceptors (Lipinski definition) is 2. The van der Waals surface area contributed by atoms with Gasteiger partial charge in [-0.15, -0.1) is 12.4 Å². The van der Waals surface area contributed by atoms with Gasteiger partial charge in [-0.2, -0.15) is 0 Å². The van der Waals surface area contributed by atoms with Crippen LogP contribution in [0.4, 0.5) is 0 Å². The largest absolute Gasteiger partial charge is 0.392 e. The second-order valence-electron chi connectivity index (χ2n) is 5.79. The zero-order valence-corrected chi connectivity index (χ0v) is 12.2. The van der Waals surface area contributed by atoms with Crippen LogP contribution in [-0.4, -0.2) is 17.8 Å². The third kappa shape index (κ3) is 3.28. The zero-order valence-electron chi connectivity index (χ0n) is 11.4. The molecule has 2 aliphatic rings. The molecule has 2 unspecified atom stereocenters. The maximum absolute atomic E-state index is 10.5. The standard InChI is InChI=1S/C15H27NO.ClH/c16-12-6-11-15(10-5-4-9-14(15)17)13-7-2-1-3-8-13;/h7,14,17H,1-6,8-12,16H2;1H. The summed E-state index contributed by atoms with van der Waals surface area (Å²) >= 11 is 0. The molecule has 0 bridgehead atoms. The molecule has 0 saturated heterocycles. The molecule has 2 atom stereocenters. The van der Waals surface area contributed by atoms with Crippen LogP contribution in [0.2, 0.25) is 0 Å². The van der Waals surface area contributed by atoms with Crippen LogP contribution < -0.4 is 5.73 Å². The molecule has 18 heavy (non-hydrogen) atoms. The van der Waals surface area contributed by atoms with Gasteiger partial charge in [0.15, 0.2) is 0 Å². The summed E-state index contributed by atoms with van der Waals surface area (Å²) in [7, 11) is 0. The lowest BCUT2D eigenvalue weighted by Crippen LogP contribution is -2.40. The van der Waals surface area contributed by atoms with E-state index in [1.165, 1.54) is 44.9 Å². The number of hydrogen-bond donors (Lipinski definition) is 2. The fraction of sp³-hybridized carbons (Fsp3) is 0.867. The molecule has 0 aromatic rings. The highest BCUT2D eigenvalue weighted by Gasteiger charge is 2.42. The molecule has 0 heterocycles. The lowest BCUT2D eigenvalue weighted by molar-refractivity contribution is 0.00360. The quantitative estimate of drug-likeness (QED) is 0.769. The highest BCUT2D eigenvalue weighted by molar-refractivity contribution is 5.85. The van der Waals surface area contributed by atoms with Gasteiger partial charge in [0, 0.05) is 5.41 Å². The van der Waals surface area contributed by atoms with Crippen molar-refractivity contribution in [2.24, 2.45) is 11.1 Å². The van der Waals surface area contributed by atoms with Crippen LogP contribution in [0.5, 0.6) is 0 Å². The Balaban J connectivity index is 0.00000162. The summed E-state index contributed by atoms with van der Waals surface area (Å²) in [5.41, 5.74) is 7.33. The van der Waals surface area contributed by atoms with Gasteiger partial charge in [0.2, 0.25) is 0 Å². The second kappa shape index (κ2) is 7.52. The van der Waals surface area contributed by atoms with Crippen LogP contribution in [-0.2, 0) is 0 Å². The first-order chi connectivity index (χ1) is 8.29. The number of aliphatic hydroxyl groups excluding tert-OH is 1. The van der Waals surface area contributed by atoms with E-state index in [1.54, 1.807) is 5.57 Å². The van der Waals surface area contributed by atoms with E-state index in [0.29, 0.717) is 0 Å².